The molecule has 0 aliphatic rings. The summed E-state index contributed by atoms with van der Waals surface area (Å²) in [5, 5.41) is 3.24. The van der Waals surface area contributed by atoms with Crippen LogP contribution in [0.2, 0.25) is 0 Å². The van der Waals surface area contributed by atoms with Crippen molar-refractivity contribution in [3.8, 4) is 28.4 Å². The Morgan fingerprint density at radius 1 is 0.909 bits per heavy atom. The maximum Gasteiger partial charge on any atom is 0.280 e. The molecular weight excluding hydrogens is 421 g/mol. The molecule has 0 amide bonds. The van der Waals surface area contributed by atoms with E-state index in [1.807, 2.05) is 36.4 Å². The lowest BCUT2D eigenvalue weighted by molar-refractivity contribution is 0.414. The lowest BCUT2D eigenvalue weighted by Crippen LogP contribution is -2.19. The highest BCUT2D eigenvalue weighted by atomic mass is 19.1. The van der Waals surface area contributed by atoms with E-state index in [9.17, 15) is 9.18 Å². The lowest BCUT2D eigenvalue weighted by atomic mass is 10.0. The van der Waals surface area contributed by atoms with E-state index in [2.05, 4.69) is 10.1 Å². The number of nitrogens with zero attached hydrogens (tertiary/aromatic N) is 2. The number of aromatic nitrogens is 2. The fourth-order valence-electron chi connectivity index (χ4n) is 3.53. The van der Waals surface area contributed by atoms with Crippen molar-refractivity contribution in [1.82, 2.24) is 9.78 Å². The van der Waals surface area contributed by atoms with Crippen molar-refractivity contribution in [3.05, 3.63) is 100 Å². The number of aromatic amines is 1. The van der Waals surface area contributed by atoms with Crippen molar-refractivity contribution in [2.24, 2.45) is 4.99 Å². The number of H-pyrrole nitrogens is 1. The number of ether oxygens (including phenoxy) is 2. The Hall–Kier alpha value is -4.13. The Morgan fingerprint density at radius 3 is 2.06 bits per heavy atom. The molecule has 1 aromatic heterocycles. The van der Waals surface area contributed by atoms with Crippen molar-refractivity contribution in [3.63, 3.8) is 0 Å². The lowest BCUT2D eigenvalue weighted by Gasteiger charge is -2.05. The van der Waals surface area contributed by atoms with Gasteiger partial charge in [0.15, 0.2) is 0 Å². The number of halogens is 1. The van der Waals surface area contributed by atoms with Gasteiger partial charge in [-0.25, -0.2) is 9.07 Å². The summed E-state index contributed by atoms with van der Waals surface area (Å²) in [4.78, 5) is 18.1. The molecule has 33 heavy (non-hydrogen) atoms. The minimum atomic E-state index is -0.297. The standard InChI is InChI=1S/C26H24FN3O3/c1-17(28-16-18-4-8-20(27)9-5-18)24-25(19-6-12-22(32-2)13-7-19)29-30(26(24)31)21-10-14-23(33-3)15-11-21/h4-15,29H,16H2,1-3H3. The van der Waals surface area contributed by atoms with Crippen LogP contribution in [0, 0.1) is 5.82 Å². The molecule has 1 heterocycles. The van der Waals surface area contributed by atoms with Gasteiger partial charge in [0, 0.05) is 11.3 Å². The van der Waals surface area contributed by atoms with E-state index in [1.165, 1.54) is 16.8 Å². The van der Waals surface area contributed by atoms with Gasteiger partial charge in [0.1, 0.15) is 17.3 Å². The van der Waals surface area contributed by atoms with Crippen molar-refractivity contribution < 1.29 is 13.9 Å². The van der Waals surface area contributed by atoms with E-state index in [4.69, 9.17) is 9.47 Å². The summed E-state index contributed by atoms with van der Waals surface area (Å²) in [6, 6.07) is 20.8. The van der Waals surface area contributed by atoms with Crippen LogP contribution in [0.5, 0.6) is 11.5 Å². The Bertz CT molecular complexity index is 1320. The van der Waals surface area contributed by atoms with Gasteiger partial charge >= 0.3 is 0 Å². The van der Waals surface area contributed by atoms with Crippen molar-refractivity contribution in [2.45, 2.75) is 13.5 Å². The van der Waals surface area contributed by atoms with Gasteiger partial charge in [-0.1, -0.05) is 12.1 Å². The number of hydrogen-bond acceptors (Lipinski definition) is 4. The van der Waals surface area contributed by atoms with Crippen LogP contribution >= 0.6 is 0 Å². The first-order chi connectivity index (χ1) is 16.0. The highest BCUT2D eigenvalue weighted by Crippen LogP contribution is 2.25. The SMILES string of the molecule is COc1ccc(-c2[nH]n(-c3ccc(OC)cc3)c(=O)c2C(C)=NCc2ccc(F)cc2)cc1. The third-order valence-electron chi connectivity index (χ3n) is 5.37. The Labute approximate surface area is 190 Å². The van der Waals surface area contributed by atoms with Crippen molar-refractivity contribution in [1.29, 1.82) is 0 Å². The van der Waals surface area contributed by atoms with Crippen LogP contribution in [-0.4, -0.2) is 29.7 Å². The zero-order chi connectivity index (χ0) is 23.4. The van der Waals surface area contributed by atoms with Gasteiger partial charge in [-0.15, -0.1) is 0 Å². The molecule has 168 valence electrons. The number of hydrogen-bond donors (Lipinski definition) is 1. The third-order valence-corrected chi connectivity index (χ3v) is 5.37. The van der Waals surface area contributed by atoms with Crippen LogP contribution < -0.4 is 15.0 Å². The molecular formula is C26H24FN3O3. The van der Waals surface area contributed by atoms with Gasteiger partial charge in [0.25, 0.3) is 5.56 Å². The summed E-state index contributed by atoms with van der Waals surface area (Å²) in [5.41, 5.74) is 3.84. The topological polar surface area (TPSA) is 68.6 Å². The molecule has 0 unspecified atom stereocenters. The Balaban J connectivity index is 1.79. The first-order valence-electron chi connectivity index (χ1n) is 10.4. The van der Waals surface area contributed by atoms with Gasteiger partial charge in [-0.3, -0.25) is 14.9 Å². The molecule has 3 aromatic carbocycles. The van der Waals surface area contributed by atoms with Gasteiger partial charge < -0.3 is 9.47 Å². The number of nitrogens with one attached hydrogen (secondary N) is 1. The summed E-state index contributed by atoms with van der Waals surface area (Å²) in [7, 11) is 3.20. The fraction of sp³-hybridized carbons (Fsp3) is 0.154. The molecule has 0 saturated heterocycles. The summed E-state index contributed by atoms with van der Waals surface area (Å²) >= 11 is 0. The van der Waals surface area contributed by atoms with Crippen LogP contribution in [-0.2, 0) is 6.54 Å². The molecule has 4 aromatic rings. The average molecular weight is 445 g/mol. The normalized spacial score (nSPS) is 11.5. The molecule has 0 aliphatic heterocycles. The third kappa shape index (κ3) is 4.72. The molecule has 0 aliphatic carbocycles. The molecule has 0 spiro atoms. The van der Waals surface area contributed by atoms with E-state index >= 15 is 0 Å². The van der Waals surface area contributed by atoms with E-state index in [1.54, 1.807) is 45.4 Å². The molecule has 0 fully saturated rings. The minimum Gasteiger partial charge on any atom is -0.497 e. The quantitative estimate of drug-likeness (QED) is 0.407. The molecule has 4 rings (SSSR count). The highest BCUT2D eigenvalue weighted by molar-refractivity contribution is 6.03. The number of rotatable bonds is 7. The van der Waals surface area contributed by atoms with Gasteiger partial charge in [-0.05, 0) is 73.2 Å². The molecule has 0 saturated carbocycles. The monoisotopic (exact) mass is 445 g/mol. The molecule has 6 nitrogen and oxygen atoms in total. The van der Waals surface area contributed by atoms with E-state index < -0.39 is 0 Å². The van der Waals surface area contributed by atoms with E-state index in [0.717, 1.165) is 16.9 Å². The average Bonchev–Trinajstić information content (AvgIpc) is 3.20. The zero-order valence-electron chi connectivity index (χ0n) is 18.6. The van der Waals surface area contributed by atoms with E-state index in [0.29, 0.717) is 35.0 Å². The predicted octanol–water partition coefficient (Wildman–Crippen LogP) is 5.00. The van der Waals surface area contributed by atoms with E-state index in [-0.39, 0.29) is 11.4 Å². The number of methoxy groups -OCH3 is 2. The smallest absolute Gasteiger partial charge is 0.280 e. The van der Waals surface area contributed by atoms with Gasteiger partial charge in [0.2, 0.25) is 0 Å². The van der Waals surface area contributed by atoms with Crippen LogP contribution in [0.15, 0.2) is 82.6 Å². The maximum absolute atomic E-state index is 13.5. The second kappa shape index (κ2) is 9.56. The van der Waals surface area contributed by atoms with Crippen LogP contribution in [0.3, 0.4) is 0 Å². The van der Waals surface area contributed by atoms with Crippen LogP contribution in [0.1, 0.15) is 18.1 Å². The highest BCUT2D eigenvalue weighted by Gasteiger charge is 2.19. The van der Waals surface area contributed by atoms with Gasteiger partial charge in [0.05, 0.1) is 37.7 Å². The fourth-order valence-corrected chi connectivity index (χ4v) is 3.53. The second-order valence-electron chi connectivity index (χ2n) is 7.46. The summed E-state index contributed by atoms with van der Waals surface area (Å²) in [5.74, 6) is 1.12. The molecule has 1 N–H and O–H groups in total. The maximum atomic E-state index is 13.5. The first kappa shape index (κ1) is 22.1. The summed E-state index contributed by atoms with van der Waals surface area (Å²) in [6.07, 6.45) is 0. The van der Waals surface area contributed by atoms with Crippen LogP contribution in [0.4, 0.5) is 4.39 Å². The Morgan fingerprint density at radius 2 is 1.48 bits per heavy atom. The summed E-state index contributed by atoms with van der Waals surface area (Å²) in [6.45, 7) is 2.14. The number of aliphatic imine (C=N–C) groups is 1. The largest absolute Gasteiger partial charge is 0.497 e. The van der Waals surface area contributed by atoms with Crippen molar-refractivity contribution in [2.75, 3.05) is 14.2 Å². The molecule has 7 heteroatoms. The molecule has 0 atom stereocenters. The second-order valence-corrected chi connectivity index (χ2v) is 7.46. The molecule has 0 bridgehead atoms. The van der Waals surface area contributed by atoms with Crippen LogP contribution in [0.25, 0.3) is 16.9 Å². The number of benzene rings is 3. The van der Waals surface area contributed by atoms with Crippen molar-refractivity contribution >= 4 is 5.71 Å². The minimum absolute atomic E-state index is 0.216. The summed E-state index contributed by atoms with van der Waals surface area (Å²) < 4.78 is 25.2. The zero-order valence-corrected chi connectivity index (χ0v) is 18.6. The Kier molecular flexibility index (Phi) is 6.40. The predicted molar refractivity (Wildman–Crippen MR) is 127 cm³/mol. The van der Waals surface area contributed by atoms with Gasteiger partial charge in [-0.2, -0.15) is 0 Å². The molecule has 0 radical (unpaired) electrons. The first-order valence-corrected chi connectivity index (χ1v) is 10.4.